The van der Waals surface area contributed by atoms with E-state index in [1.54, 1.807) is 11.3 Å². The molecule has 2 aromatic rings. The number of benzene rings is 1. The standard InChI is InChI=1S/C18H24N2/c1-19(2)11-13-10-12-8-9-14(13)18-17(12)15-6-4-5-7-16(15)20(18)3/h4-7,12-14H,8-11H2,1-3H3. The first kappa shape index (κ1) is 12.5. The SMILES string of the molecule is CN(C)CC1CC2CCC1c1c2c2ccccc2n1C. The third kappa shape index (κ3) is 1.61. The molecule has 0 radical (unpaired) electrons. The lowest BCUT2D eigenvalue weighted by Crippen LogP contribution is -2.36. The van der Waals surface area contributed by atoms with Crippen LogP contribution >= 0.6 is 0 Å². The molecule has 3 atom stereocenters. The van der Waals surface area contributed by atoms with Crippen molar-refractivity contribution in [2.75, 3.05) is 20.6 Å². The Morgan fingerprint density at radius 3 is 2.80 bits per heavy atom. The van der Waals surface area contributed by atoms with Crippen molar-refractivity contribution in [1.82, 2.24) is 9.47 Å². The smallest absolute Gasteiger partial charge is 0.0482 e. The van der Waals surface area contributed by atoms with Gasteiger partial charge in [0.05, 0.1) is 0 Å². The van der Waals surface area contributed by atoms with Gasteiger partial charge in [-0.15, -0.1) is 0 Å². The molecule has 3 aliphatic carbocycles. The largest absolute Gasteiger partial charge is 0.347 e. The van der Waals surface area contributed by atoms with Gasteiger partial charge in [0.1, 0.15) is 0 Å². The second-order valence-electron chi connectivity index (χ2n) is 7.01. The molecule has 2 bridgehead atoms. The minimum atomic E-state index is 0.773. The Bertz CT molecular complexity index is 653. The van der Waals surface area contributed by atoms with Gasteiger partial charge in [-0.3, -0.25) is 0 Å². The van der Waals surface area contributed by atoms with Gasteiger partial charge in [0.2, 0.25) is 0 Å². The average molecular weight is 268 g/mol. The van der Waals surface area contributed by atoms with Crippen LogP contribution in [0, 0.1) is 5.92 Å². The molecule has 0 amide bonds. The Balaban J connectivity index is 1.89. The molecular weight excluding hydrogens is 244 g/mol. The summed E-state index contributed by atoms with van der Waals surface area (Å²) in [5.41, 5.74) is 4.77. The Morgan fingerprint density at radius 2 is 2.00 bits per heavy atom. The van der Waals surface area contributed by atoms with Crippen LogP contribution in [0.15, 0.2) is 24.3 Å². The maximum Gasteiger partial charge on any atom is 0.0482 e. The monoisotopic (exact) mass is 268 g/mol. The number of aryl methyl sites for hydroxylation is 1. The summed E-state index contributed by atoms with van der Waals surface area (Å²) in [4.78, 5) is 2.37. The van der Waals surface area contributed by atoms with E-state index >= 15 is 0 Å². The van der Waals surface area contributed by atoms with E-state index in [4.69, 9.17) is 0 Å². The number of para-hydroxylation sites is 1. The summed E-state index contributed by atoms with van der Waals surface area (Å²) < 4.78 is 2.49. The third-order valence-electron chi connectivity index (χ3n) is 5.53. The fourth-order valence-corrected chi connectivity index (χ4v) is 4.88. The first-order valence-corrected chi connectivity index (χ1v) is 7.88. The average Bonchev–Trinajstić information content (AvgIpc) is 2.75. The van der Waals surface area contributed by atoms with Crippen molar-refractivity contribution in [3.63, 3.8) is 0 Å². The van der Waals surface area contributed by atoms with Crippen molar-refractivity contribution >= 4 is 10.9 Å². The summed E-state index contributed by atoms with van der Waals surface area (Å²) in [6, 6.07) is 8.99. The molecule has 2 nitrogen and oxygen atoms in total. The van der Waals surface area contributed by atoms with Gasteiger partial charge in [-0.2, -0.15) is 0 Å². The van der Waals surface area contributed by atoms with Crippen LogP contribution < -0.4 is 0 Å². The van der Waals surface area contributed by atoms with Gasteiger partial charge in [0.15, 0.2) is 0 Å². The summed E-state index contributed by atoms with van der Waals surface area (Å²) in [6.45, 7) is 1.24. The zero-order valence-corrected chi connectivity index (χ0v) is 12.8. The maximum atomic E-state index is 2.49. The van der Waals surface area contributed by atoms with E-state index < -0.39 is 0 Å². The molecule has 0 aliphatic heterocycles. The molecule has 106 valence electrons. The number of hydrogen-bond acceptors (Lipinski definition) is 1. The topological polar surface area (TPSA) is 8.17 Å². The van der Waals surface area contributed by atoms with Crippen LogP contribution in [0.25, 0.3) is 10.9 Å². The summed E-state index contributed by atoms with van der Waals surface area (Å²) in [5.74, 6) is 2.42. The van der Waals surface area contributed by atoms with Crippen molar-refractivity contribution in [1.29, 1.82) is 0 Å². The molecule has 2 heteroatoms. The molecule has 3 aliphatic rings. The van der Waals surface area contributed by atoms with Crippen molar-refractivity contribution in [2.24, 2.45) is 13.0 Å². The van der Waals surface area contributed by atoms with Crippen LogP contribution in [-0.4, -0.2) is 30.1 Å². The predicted molar refractivity (Wildman–Crippen MR) is 84.3 cm³/mol. The Hall–Kier alpha value is -1.28. The van der Waals surface area contributed by atoms with Gasteiger partial charge in [0.25, 0.3) is 0 Å². The molecule has 5 rings (SSSR count). The van der Waals surface area contributed by atoms with Crippen molar-refractivity contribution in [3.8, 4) is 0 Å². The van der Waals surface area contributed by atoms with Crippen LogP contribution in [0.5, 0.6) is 0 Å². The number of nitrogens with zero attached hydrogens (tertiary/aromatic N) is 2. The quantitative estimate of drug-likeness (QED) is 0.806. The van der Waals surface area contributed by atoms with Crippen LogP contribution in [-0.2, 0) is 7.05 Å². The molecule has 0 N–H and O–H groups in total. The molecule has 1 saturated carbocycles. The van der Waals surface area contributed by atoms with Crippen LogP contribution in [0.2, 0.25) is 0 Å². The molecule has 0 saturated heterocycles. The predicted octanol–water partition coefficient (Wildman–Crippen LogP) is 3.72. The third-order valence-corrected chi connectivity index (χ3v) is 5.53. The highest BCUT2D eigenvalue weighted by atomic mass is 15.1. The Labute approximate surface area is 121 Å². The number of rotatable bonds is 2. The highest BCUT2D eigenvalue weighted by Gasteiger charge is 2.42. The van der Waals surface area contributed by atoms with Gasteiger partial charge in [-0.05, 0) is 56.8 Å². The van der Waals surface area contributed by atoms with E-state index in [2.05, 4.69) is 54.9 Å². The Kier molecular flexibility index (Phi) is 2.71. The molecule has 0 spiro atoms. The van der Waals surface area contributed by atoms with E-state index in [1.165, 1.54) is 36.7 Å². The minimum Gasteiger partial charge on any atom is -0.347 e. The van der Waals surface area contributed by atoms with Gasteiger partial charge in [-0.1, -0.05) is 18.2 Å². The van der Waals surface area contributed by atoms with Crippen molar-refractivity contribution < 1.29 is 0 Å². The van der Waals surface area contributed by atoms with E-state index in [9.17, 15) is 0 Å². The highest BCUT2D eigenvalue weighted by Crippen LogP contribution is 2.55. The van der Waals surface area contributed by atoms with Gasteiger partial charge >= 0.3 is 0 Å². The lowest BCUT2D eigenvalue weighted by molar-refractivity contribution is 0.193. The van der Waals surface area contributed by atoms with E-state index in [1.807, 2.05) is 0 Å². The molecular formula is C18H24N2. The molecule has 1 aromatic carbocycles. The first-order chi connectivity index (χ1) is 9.66. The van der Waals surface area contributed by atoms with Gasteiger partial charge in [0, 0.05) is 36.1 Å². The minimum absolute atomic E-state index is 0.773. The Morgan fingerprint density at radius 1 is 1.20 bits per heavy atom. The lowest BCUT2D eigenvalue weighted by Gasteiger charge is -2.44. The molecule has 20 heavy (non-hydrogen) atoms. The lowest BCUT2D eigenvalue weighted by atomic mass is 9.63. The second kappa shape index (κ2) is 4.36. The van der Waals surface area contributed by atoms with E-state index in [0.29, 0.717) is 0 Å². The highest BCUT2D eigenvalue weighted by molar-refractivity contribution is 5.87. The van der Waals surface area contributed by atoms with E-state index in [0.717, 1.165) is 17.8 Å². The number of aromatic nitrogens is 1. The second-order valence-corrected chi connectivity index (χ2v) is 7.01. The van der Waals surface area contributed by atoms with Crippen molar-refractivity contribution in [2.45, 2.75) is 31.1 Å². The van der Waals surface area contributed by atoms with Crippen LogP contribution in [0.3, 0.4) is 0 Å². The summed E-state index contributed by atoms with van der Waals surface area (Å²) in [5, 5.41) is 1.52. The summed E-state index contributed by atoms with van der Waals surface area (Å²) >= 11 is 0. The van der Waals surface area contributed by atoms with E-state index in [-0.39, 0.29) is 0 Å². The van der Waals surface area contributed by atoms with Gasteiger partial charge < -0.3 is 9.47 Å². The maximum absolute atomic E-state index is 2.49. The number of fused-ring (bicyclic) bond motifs is 3. The fourth-order valence-electron chi connectivity index (χ4n) is 4.88. The summed E-state index contributed by atoms with van der Waals surface area (Å²) in [6.07, 6.45) is 4.18. The number of hydrogen-bond donors (Lipinski definition) is 0. The van der Waals surface area contributed by atoms with Gasteiger partial charge in [-0.25, -0.2) is 0 Å². The van der Waals surface area contributed by atoms with Crippen LogP contribution in [0.1, 0.15) is 42.4 Å². The normalized spacial score (nSPS) is 28.3. The summed E-state index contributed by atoms with van der Waals surface area (Å²) in [7, 11) is 6.70. The molecule has 1 aromatic heterocycles. The zero-order chi connectivity index (χ0) is 13.9. The first-order valence-electron chi connectivity index (χ1n) is 7.88. The fraction of sp³-hybridized carbons (Fsp3) is 0.556. The molecule has 3 unspecified atom stereocenters. The molecule has 1 fully saturated rings. The zero-order valence-electron chi connectivity index (χ0n) is 12.8. The van der Waals surface area contributed by atoms with Crippen LogP contribution in [0.4, 0.5) is 0 Å². The molecule has 1 heterocycles. The van der Waals surface area contributed by atoms with Crippen molar-refractivity contribution in [3.05, 3.63) is 35.5 Å².